The first-order valence-corrected chi connectivity index (χ1v) is 18.2. The van der Waals surface area contributed by atoms with E-state index in [0.29, 0.717) is 5.82 Å². The Morgan fingerprint density at radius 3 is 1.60 bits per heavy atom. The summed E-state index contributed by atoms with van der Waals surface area (Å²) in [6.07, 6.45) is 0. The number of rotatable bonds is 5. The van der Waals surface area contributed by atoms with Gasteiger partial charge in [-0.2, -0.15) is 0 Å². The summed E-state index contributed by atoms with van der Waals surface area (Å²) in [4.78, 5) is 20.7. The number of benzene rings is 5. The lowest BCUT2D eigenvalue weighted by Crippen LogP contribution is -2.50. The van der Waals surface area contributed by atoms with Crippen LogP contribution in [0.4, 0.5) is 0 Å². The summed E-state index contributed by atoms with van der Waals surface area (Å²) < 4.78 is 0. The third-order valence-corrected chi connectivity index (χ3v) is 12.0. The molecule has 0 N–H and O–H groups in total. The van der Waals surface area contributed by atoms with Crippen molar-refractivity contribution >= 4 is 18.6 Å². The Labute approximate surface area is 264 Å². The third-order valence-electron chi connectivity index (χ3n) is 8.66. The third kappa shape index (κ3) is 4.78. The van der Waals surface area contributed by atoms with Gasteiger partial charge in [0, 0.05) is 38.7 Å². The predicted octanol–water partition coefficient (Wildman–Crippen LogP) is 8.40. The van der Waals surface area contributed by atoms with Gasteiger partial charge in [0.1, 0.15) is 8.07 Å². The van der Waals surface area contributed by atoms with Crippen LogP contribution < -0.4 is 10.5 Å². The van der Waals surface area contributed by atoms with Crippen molar-refractivity contribution in [3.05, 3.63) is 146 Å². The molecule has 5 aromatic carbocycles. The normalized spacial score (nSPS) is 12.8. The Hall–Kier alpha value is -5.52. The smallest absolute Gasteiger partial charge is 0.160 e. The van der Waals surface area contributed by atoms with Crippen molar-refractivity contribution in [3.8, 4) is 67.7 Å². The first-order chi connectivity index (χ1) is 22.1. The van der Waals surface area contributed by atoms with Gasteiger partial charge in [0.2, 0.25) is 0 Å². The van der Waals surface area contributed by atoms with E-state index < -0.39 is 8.07 Å². The fraction of sp³-hybridized carbons (Fsp3) is 0.0500. The van der Waals surface area contributed by atoms with Crippen LogP contribution in [-0.4, -0.2) is 28.0 Å². The maximum Gasteiger partial charge on any atom is 0.160 e. The van der Waals surface area contributed by atoms with E-state index in [-0.39, 0.29) is 0 Å². The van der Waals surface area contributed by atoms with Gasteiger partial charge in [-0.1, -0.05) is 147 Å². The van der Waals surface area contributed by atoms with Gasteiger partial charge in [0.05, 0.1) is 17.1 Å². The molecular weight excluding hydrogens is 565 g/mol. The average Bonchev–Trinajstić information content (AvgIpc) is 3.35. The van der Waals surface area contributed by atoms with Crippen LogP contribution in [0.25, 0.3) is 67.7 Å². The quantitative estimate of drug-likeness (QED) is 0.188. The van der Waals surface area contributed by atoms with Gasteiger partial charge >= 0.3 is 0 Å². The highest BCUT2D eigenvalue weighted by atomic mass is 28.3. The lowest BCUT2D eigenvalue weighted by atomic mass is 9.98. The number of nitrogens with zero attached hydrogens (tertiary/aromatic N) is 4. The van der Waals surface area contributed by atoms with Gasteiger partial charge in [0.15, 0.2) is 11.6 Å². The molecule has 0 amide bonds. The largest absolute Gasteiger partial charge is 0.237 e. The molecule has 2 aromatic heterocycles. The van der Waals surface area contributed by atoms with Crippen molar-refractivity contribution in [2.45, 2.75) is 13.1 Å². The van der Waals surface area contributed by atoms with E-state index in [4.69, 9.17) is 19.9 Å². The van der Waals surface area contributed by atoms with E-state index in [9.17, 15) is 0 Å². The summed E-state index contributed by atoms with van der Waals surface area (Å²) in [6, 6.07) is 50.3. The molecule has 0 bridgehead atoms. The number of hydrogen-bond acceptors (Lipinski definition) is 4. The van der Waals surface area contributed by atoms with Crippen molar-refractivity contribution in [2.24, 2.45) is 0 Å². The molecule has 0 spiro atoms. The first-order valence-electron chi connectivity index (χ1n) is 15.2. The Kier molecular flexibility index (Phi) is 6.54. The summed E-state index contributed by atoms with van der Waals surface area (Å²) in [7, 11) is -2.05. The van der Waals surface area contributed by atoms with E-state index in [0.717, 1.165) is 56.3 Å². The van der Waals surface area contributed by atoms with E-state index in [1.807, 2.05) is 54.6 Å². The van der Waals surface area contributed by atoms with Crippen LogP contribution in [0.2, 0.25) is 13.1 Å². The van der Waals surface area contributed by atoms with Gasteiger partial charge in [-0.3, -0.25) is 0 Å². The number of aromatic nitrogens is 4. The average molecular weight is 595 g/mol. The second kappa shape index (κ2) is 10.9. The van der Waals surface area contributed by atoms with E-state index >= 15 is 0 Å². The first kappa shape index (κ1) is 27.1. The highest BCUT2D eigenvalue weighted by Crippen LogP contribution is 2.37. The maximum atomic E-state index is 5.29. The van der Waals surface area contributed by atoms with Crippen molar-refractivity contribution < 1.29 is 0 Å². The summed E-state index contributed by atoms with van der Waals surface area (Å²) >= 11 is 0. The summed E-state index contributed by atoms with van der Waals surface area (Å²) in [5, 5.41) is 2.60. The number of fused-ring (bicyclic) bond motifs is 3. The van der Waals surface area contributed by atoms with Gasteiger partial charge in [-0.05, 0) is 22.9 Å². The topological polar surface area (TPSA) is 51.6 Å². The van der Waals surface area contributed by atoms with Crippen molar-refractivity contribution in [2.75, 3.05) is 0 Å². The second-order valence-corrected chi connectivity index (χ2v) is 16.2. The van der Waals surface area contributed by atoms with Crippen LogP contribution in [0.5, 0.6) is 0 Å². The molecule has 0 radical (unpaired) electrons. The molecule has 45 heavy (non-hydrogen) atoms. The molecular formula is C40H30N4Si. The fourth-order valence-corrected chi connectivity index (χ4v) is 9.27. The van der Waals surface area contributed by atoms with Crippen LogP contribution in [0, 0.1) is 0 Å². The Bertz CT molecular complexity index is 2120. The summed E-state index contributed by atoms with van der Waals surface area (Å²) in [6.45, 7) is 4.80. The molecule has 4 nitrogen and oxygen atoms in total. The minimum Gasteiger partial charge on any atom is -0.237 e. The molecule has 5 heteroatoms. The summed E-state index contributed by atoms with van der Waals surface area (Å²) in [5.74, 6) is 1.47. The van der Waals surface area contributed by atoms with E-state index in [1.165, 1.54) is 16.1 Å². The van der Waals surface area contributed by atoms with E-state index in [1.54, 1.807) is 0 Å². The SMILES string of the molecule is C[Si]1(C)c2ccccc2-c2c(-c3cccc(-c4cc(-c5ccccc5)nc(-c5ccccc5)n4)c3)nc(-c3ccccc3)nc21. The molecule has 0 saturated carbocycles. The molecule has 214 valence electrons. The molecule has 7 aromatic rings. The van der Waals surface area contributed by atoms with Crippen molar-refractivity contribution in [3.63, 3.8) is 0 Å². The van der Waals surface area contributed by atoms with E-state index in [2.05, 4.69) is 104 Å². The van der Waals surface area contributed by atoms with Crippen LogP contribution in [0.15, 0.2) is 146 Å². The zero-order chi connectivity index (χ0) is 30.4. The Morgan fingerprint density at radius 2 is 0.933 bits per heavy atom. The number of hydrogen-bond donors (Lipinski definition) is 0. The Balaban J connectivity index is 1.34. The van der Waals surface area contributed by atoms with Crippen LogP contribution >= 0.6 is 0 Å². The molecule has 1 aliphatic heterocycles. The molecule has 0 atom stereocenters. The van der Waals surface area contributed by atoms with Crippen LogP contribution in [0.3, 0.4) is 0 Å². The minimum absolute atomic E-state index is 0.702. The highest BCUT2D eigenvalue weighted by Gasteiger charge is 2.41. The van der Waals surface area contributed by atoms with Gasteiger partial charge in [0.25, 0.3) is 0 Å². The lowest BCUT2D eigenvalue weighted by molar-refractivity contribution is 1.18. The fourth-order valence-electron chi connectivity index (χ4n) is 6.36. The van der Waals surface area contributed by atoms with Gasteiger partial charge < -0.3 is 0 Å². The maximum absolute atomic E-state index is 5.29. The predicted molar refractivity (Wildman–Crippen MR) is 187 cm³/mol. The highest BCUT2D eigenvalue weighted by molar-refractivity contribution is 7.03. The Morgan fingerprint density at radius 1 is 0.422 bits per heavy atom. The van der Waals surface area contributed by atoms with Crippen molar-refractivity contribution in [1.29, 1.82) is 0 Å². The van der Waals surface area contributed by atoms with Gasteiger partial charge in [-0.25, -0.2) is 19.9 Å². The second-order valence-electron chi connectivity index (χ2n) is 11.9. The lowest BCUT2D eigenvalue weighted by Gasteiger charge is -2.19. The van der Waals surface area contributed by atoms with Gasteiger partial charge in [-0.15, -0.1) is 0 Å². The monoisotopic (exact) mass is 594 g/mol. The molecule has 0 saturated heterocycles. The zero-order valence-corrected chi connectivity index (χ0v) is 26.1. The molecule has 8 rings (SSSR count). The van der Waals surface area contributed by atoms with Crippen LogP contribution in [0.1, 0.15) is 0 Å². The minimum atomic E-state index is -2.05. The molecule has 0 unspecified atom stereocenters. The molecule has 0 aliphatic carbocycles. The van der Waals surface area contributed by atoms with Crippen LogP contribution in [-0.2, 0) is 0 Å². The standard InChI is InChI=1S/C40H30N4Si/c1-45(2)35-24-13-12-23-32(35)36-37(43-39(44-40(36)45)29-19-10-5-11-20-29)31-22-14-21-30(25-31)34-26-33(27-15-6-3-7-16-27)41-38(42-34)28-17-8-4-9-18-28/h3-26H,1-2H3. The zero-order valence-electron chi connectivity index (χ0n) is 25.1. The summed E-state index contributed by atoms with van der Waals surface area (Å²) in [5.41, 5.74) is 10.3. The molecule has 1 aliphatic rings. The molecule has 3 heterocycles. The molecule has 0 fully saturated rings. The van der Waals surface area contributed by atoms with Crippen molar-refractivity contribution in [1.82, 2.24) is 19.9 Å².